The van der Waals surface area contributed by atoms with Gasteiger partial charge >= 0.3 is 0 Å². The number of ether oxygens (including phenoxy) is 2. The summed E-state index contributed by atoms with van der Waals surface area (Å²) in [6.07, 6.45) is 1.55. The predicted octanol–water partition coefficient (Wildman–Crippen LogP) is 2.90. The van der Waals surface area contributed by atoms with Crippen molar-refractivity contribution in [2.45, 2.75) is 0 Å². The second kappa shape index (κ2) is 7.98. The first kappa shape index (κ1) is 18.4. The van der Waals surface area contributed by atoms with Crippen LogP contribution in [0.25, 0.3) is 0 Å². The summed E-state index contributed by atoms with van der Waals surface area (Å²) in [6, 6.07) is 16.2. The van der Waals surface area contributed by atoms with Crippen LogP contribution in [0.5, 0.6) is 11.5 Å². The van der Waals surface area contributed by atoms with E-state index in [0.717, 1.165) is 49.2 Å². The Kier molecular flexibility index (Phi) is 4.88. The zero-order chi connectivity index (χ0) is 20.3. The van der Waals surface area contributed by atoms with Gasteiger partial charge in [0.2, 0.25) is 0 Å². The average Bonchev–Trinajstić information content (AvgIpc) is 2.81. The number of hydrogen-bond donors (Lipinski definition) is 2. The third-order valence-corrected chi connectivity index (χ3v) is 5.37. The minimum atomic E-state index is 0.542. The number of aromatic nitrogens is 2. The molecule has 2 aliphatic heterocycles. The van der Waals surface area contributed by atoms with Crippen molar-refractivity contribution in [2.75, 3.05) is 60.2 Å². The molecule has 2 aliphatic rings. The van der Waals surface area contributed by atoms with E-state index in [9.17, 15) is 0 Å². The molecule has 0 atom stereocenters. The van der Waals surface area contributed by atoms with Crippen molar-refractivity contribution in [3.05, 3.63) is 54.9 Å². The maximum Gasteiger partial charge on any atom is 0.163 e. The fourth-order valence-electron chi connectivity index (χ4n) is 3.81. The quantitative estimate of drug-likeness (QED) is 0.686. The maximum atomic E-state index is 6.45. The molecule has 8 heteroatoms. The summed E-state index contributed by atoms with van der Waals surface area (Å²) in [4.78, 5) is 13.4. The minimum Gasteiger partial charge on any atom is -0.486 e. The maximum absolute atomic E-state index is 6.45. The van der Waals surface area contributed by atoms with Gasteiger partial charge in [0.25, 0.3) is 0 Å². The van der Waals surface area contributed by atoms with Crippen molar-refractivity contribution in [2.24, 2.45) is 0 Å². The summed E-state index contributed by atoms with van der Waals surface area (Å²) >= 11 is 0. The number of fused-ring (bicyclic) bond motifs is 1. The Bertz CT molecular complexity index is 1020. The zero-order valence-electron chi connectivity index (χ0n) is 16.6. The first-order valence-electron chi connectivity index (χ1n) is 10.1. The first-order valence-corrected chi connectivity index (χ1v) is 10.1. The van der Waals surface area contributed by atoms with Crippen molar-refractivity contribution < 1.29 is 9.47 Å². The van der Waals surface area contributed by atoms with Gasteiger partial charge in [0.15, 0.2) is 23.1 Å². The molecule has 0 bridgehead atoms. The molecule has 0 aliphatic carbocycles. The minimum absolute atomic E-state index is 0.542. The van der Waals surface area contributed by atoms with Crippen LogP contribution in [-0.4, -0.2) is 49.4 Å². The van der Waals surface area contributed by atoms with E-state index in [4.69, 9.17) is 15.2 Å². The van der Waals surface area contributed by atoms with Gasteiger partial charge in [-0.1, -0.05) is 18.2 Å². The number of hydrogen-bond acceptors (Lipinski definition) is 8. The topological polar surface area (TPSA) is 88.8 Å². The lowest BCUT2D eigenvalue weighted by Crippen LogP contribution is -2.47. The molecule has 0 radical (unpaired) electrons. The third-order valence-electron chi connectivity index (χ3n) is 5.37. The number of nitrogens with zero attached hydrogens (tertiary/aromatic N) is 4. The van der Waals surface area contributed by atoms with E-state index in [2.05, 4.69) is 49.4 Å². The van der Waals surface area contributed by atoms with Crippen molar-refractivity contribution >= 4 is 28.7 Å². The summed E-state index contributed by atoms with van der Waals surface area (Å²) in [5.74, 6) is 2.82. The number of nitrogen functional groups attached to an aromatic ring is 1. The van der Waals surface area contributed by atoms with E-state index in [1.165, 1.54) is 5.69 Å². The van der Waals surface area contributed by atoms with Crippen LogP contribution in [0.3, 0.4) is 0 Å². The molecule has 0 amide bonds. The van der Waals surface area contributed by atoms with Gasteiger partial charge in [-0.3, -0.25) is 0 Å². The molecule has 3 heterocycles. The first-order chi connectivity index (χ1) is 14.8. The van der Waals surface area contributed by atoms with Crippen LogP contribution in [0.2, 0.25) is 0 Å². The second-order valence-electron chi connectivity index (χ2n) is 7.25. The Labute approximate surface area is 175 Å². The Morgan fingerprint density at radius 1 is 0.833 bits per heavy atom. The van der Waals surface area contributed by atoms with Crippen molar-refractivity contribution in [3.8, 4) is 11.5 Å². The lowest BCUT2D eigenvalue weighted by molar-refractivity contribution is 0.171. The smallest absolute Gasteiger partial charge is 0.163 e. The summed E-state index contributed by atoms with van der Waals surface area (Å²) in [5.41, 5.74) is 9.07. The fraction of sp³-hybridized carbons (Fsp3) is 0.273. The highest BCUT2D eigenvalue weighted by Gasteiger charge is 2.22. The number of anilines is 5. The van der Waals surface area contributed by atoms with Crippen LogP contribution in [0.1, 0.15) is 0 Å². The molecule has 3 N–H and O–H groups in total. The van der Waals surface area contributed by atoms with Gasteiger partial charge < -0.3 is 30.3 Å². The van der Waals surface area contributed by atoms with Crippen molar-refractivity contribution in [1.29, 1.82) is 0 Å². The normalized spacial score (nSPS) is 15.7. The highest BCUT2D eigenvalue weighted by Crippen LogP contribution is 2.35. The second-order valence-corrected chi connectivity index (χ2v) is 7.25. The molecule has 1 aromatic heterocycles. The summed E-state index contributed by atoms with van der Waals surface area (Å²) < 4.78 is 11.2. The summed E-state index contributed by atoms with van der Waals surface area (Å²) in [6.45, 7) is 4.64. The highest BCUT2D eigenvalue weighted by atomic mass is 16.6. The van der Waals surface area contributed by atoms with Crippen LogP contribution < -0.4 is 30.3 Å². The largest absolute Gasteiger partial charge is 0.486 e. The van der Waals surface area contributed by atoms with Crippen LogP contribution in [0.15, 0.2) is 54.9 Å². The molecular formula is C22H24N6O2. The highest BCUT2D eigenvalue weighted by molar-refractivity contribution is 5.79. The molecule has 3 aromatic rings. The molecule has 0 unspecified atom stereocenters. The number of piperazine rings is 1. The van der Waals surface area contributed by atoms with Gasteiger partial charge in [0.1, 0.15) is 25.2 Å². The van der Waals surface area contributed by atoms with Gasteiger partial charge in [0.05, 0.1) is 0 Å². The van der Waals surface area contributed by atoms with Gasteiger partial charge in [-0.15, -0.1) is 0 Å². The fourth-order valence-corrected chi connectivity index (χ4v) is 3.81. The molecular weight excluding hydrogens is 380 g/mol. The van der Waals surface area contributed by atoms with E-state index in [1.54, 1.807) is 6.33 Å². The number of benzene rings is 2. The third kappa shape index (κ3) is 3.63. The Hall–Kier alpha value is -3.68. The van der Waals surface area contributed by atoms with Crippen LogP contribution in [-0.2, 0) is 0 Å². The molecule has 0 saturated carbocycles. The molecule has 1 fully saturated rings. The molecule has 1 saturated heterocycles. The monoisotopic (exact) mass is 404 g/mol. The summed E-state index contributed by atoms with van der Waals surface area (Å²) in [5, 5.41) is 3.29. The Morgan fingerprint density at radius 3 is 2.37 bits per heavy atom. The van der Waals surface area contributed by atoms with E-state index >= 15 is 0 Å². The Morgan fingerprint density at radius 2 is 1.57 bits per heavy atom. The van der Waals surface area contributed by atoms with Crippen molar-refractivity contribution in [1.82, 2.24) is 9.97 Å². The predicted molar refractivity (Wildman–Crippen MR) is 118 cm³/mol. The lowest BCUT2D eigenvalue weighted by atomic mass is 10.2. The van der Waals surface area contributed by atoms with Crippen molar-refractivity contribution in [3.63, 3.8) is 0 Å². The average molecular weight is 404 g/mol. The lowest BCUT2D eigenvalue weighted by Gasteiger charge is -2.37. The van der Waals surface area contributed by atoms with Gasteiger partial charge in [-0.2, -0.15) is 0 Å². The molecule has 0 spiro atoms. The van der Waals surface area contributed by atoms with Crippen LogP contribution in [0, 0.1) is 0 Å². The molecule has 8 nitrogen and oxygen atoms in total. The van der Waals surface area contributed by atoms with Crippen LogP contribution in [0.4, 0.5) is 28.7 Å². The Balaban J connectivity index is 1.30. The van der Waals surface area contributed by atoms with Gasteiger partial charge in [-0.25, -0.2) is 9.97 Å². The SMILES string of the molecule is Nc1c(Nc2ccc3c(c2)OCCO3)ncnc1N1CCN(c2ccccc2)CC1. The van der Waals surface area contributed by atoms with E-state index in [1.807, 2.05) is 24.3 Å². The standard InChI is InChI=1S/C22H24N6O2/c23-20-21(26-16-6-7-18-19(14-16)30-13-12-29-18)24-15-25-22(20)28-10-8-27(9-11-28)17-4-2-1-3-5-17/h1-7,14-15H,8-13,23H2,(H,24,25,26). The number of nitrogens with two attached hydrogens (primary N) is 1. The molecule has 2 aromatic carbocycles. The molecule has 5 rings (SSSR count). The van der Waals surface area contributed by atoms with E-state index in [0.29, 0.717) is 24.7 Å². The van der Waals surface area contributed by atoms with Gasteiger partial charge in [0, 0.05) is 43.6 Å². The molecule has 154 valence electrons. The number of nitrogens with one attached hydrogen (secondary N) is 1. The number of para-hydroxylation sites is 1. The zero-order valence-corrected chi connectivity index (χ0v) is 16.6. The van der Waals surface area contributed by atoms with Crippen LogP contribution >= 0.6 is 0 Å². The van der Waals surface area contributed by atoms with E-state index < -0.39 is 0 Å². The summed E-state index contributed by atoms with van der Waals surface area (Å²) in [7, 11) is 0. The van der Waals surface area contributed by atoms with E-state index in [-0.39, 0.29) is 0 Å². The van der Waals surface area contributed by atoms with Gasteiger partial charge in [-0.05, 0) is 24.3 Å². The molecule has 30 heavy (non-hydrogen) atoms. The number of rotatable bonds is 4.